The van der Waals surface area contributed by atoms with Gasteiger partial charge >= 0.3 is 18.1 Å². The van der Waals surface area contributed by atoms with Crippen LogP contribution >= 0.6 is 15.9 Å². The molecule has 0 unspecified atom stereocenters. The molecule has 21 heavy (non-hydrogen) atoms. The van der Waals surface area contributed by atoms with Crippen LogP contribution in [0.25, 0.3) is 0 Å². The topological polar surface area (TPSA) is 24.4 Å². The van der Waals surface area contributed by atoms with E-state index in [1.807, 2.05) is 0 Å². The smallest absolute Gasteiger partial charge is 0.242 e. The lowest BCUT2D eigenvalue weighted by Gasteiger charge is -2.27. The third kappa shape index (κ3) is 3.86. The van der Waals surface area contributed by atoms with E-state index in [0.29, 0.717) is 16.1 Å². The van der Waals surface area contributed by atoms with E-state index < -0.39 is 18.1 Å². The maximum absolute atomic E-state index is 12.8. The van der Waals surface area contributed by atoms with Crippen molar-refractivity contribution in [1.82, 2.24) is 5.43 Å². The number of hydrogen-bond acceptors (Lipinski definition) is 2. The molecule has 0 atom stereocenters. The normalized spacial score (nSPS) is 13.8. The molecule has 0 saturated heterocycles. The van der Waals surface area contributed by atoms with Gasteiger partial charge in [-0.2, -0.15) is 35.8 Å². The van der Waals surface area contributed by atoms with E-state index >= 15 is 0 Å². The van der Waals surface area contributed by atoms with E-state index in [-0.39, 0.29) is 5.56 Å². The van der Waals surface area contributed by atoms with Crippen molar-refractivity contribution < 1.29 is 30.7 Å². The summed E-state index contributed by atoms with van der Waals surface area (Å²) in [5.74, 6) is -6.24. The molecule has 1 rings (SSSR count). The molecular weight excluding hydrogens is 373 g/mol. The van der Waals surface area contributed by atoms with Crippen molar-refractivity contribution >= 4 is 22.1 Å². The highest BCUT2D eigenvalue weighted by molar-refractivity contribution is 9.10. The van der Waals surface area contributed by atoms with Crippen molar-refractivity contribution in [2.45, 2.75) is 25.1 Å². The Kier molecular flexibility index (Phi) is 4.91. The first-order chi connectivity index (χ1) is 9.38. The highest BCUT2D eigenvalue weighted by Gasteiger charge is 2.73. The molecule has 1 aromatic rings. The fourth-order valence-corrected chi connectivity index (χ4v) is 1.52. The third-order valence-electron chi connectivity index (χ3n) is 2.36. The van der Waals surface area contributed by atoms with Crippen LogP contribution < -0.4 is 5.43 Å². The van der Waals surface area contributed by atoms with Crippen molar-refractivity contribution in [2.24, 2.45) is 5.10 Å². The van der Waals surface area contributed by atoms with E-state index in [0.717, 1.165) is 5.56 Å². The molecule has 1 aromatic carbocycles. The van der Waals surface area contributed by atoms with E-state index in [1.54, 1.807) is 13.0 Å². The summed E-state index contributed by atoms with van der Waals surface area (Å²) < 4.78 is 86.9. The molecule has 0 aromatic heterocycles. The van der Waals surface area contributed by atoms with E-state index in [9.17, 15) is 30.7 Å². The van der Waals surface area contributed by atoms with Gasteiger partial charge in [0.25, 0.3) is 0 Å². The molecule has 0 aliphatic carbocycles. The largest absolute Gasteiger partial charge is 0.462 e. The summed E-state index contributed by atoms with van der Waals surface area (Å²) in [6.07, 6.45) is -5.70. The minimum absolute atomic E-state index is 0.228. The van der Waals surface area contributed by atoms with Crippen LogP contribution in [0.2, 0.25) is 0 Å². The van der Waals surface area contributed by atoms with E-state index in [1.165, 1.54) is 12.1 Å². The van der Waals surface area contributed by atoms with E-state index in [2.05, 4.69) is 21.0 Å². The van der Waals surface area contributed by atoms with Crippen LogP contribution in [0.5, 0.6) is 0 Å². The number of hydrazone groups is 1. The Bertz CT molecular complexity index is 540. The number of rotatable bonds is 4. The van der Waals surface area contributed by atoms with Crippen LogP contribution in [0, 0.1) is 6.92 Å². The Hall–Kier alpha value is -1.32. The molecule has 0 bridgehead atoms. The van der Waals surface area contributed by atoms with Crippen LogP contribution in [0.15, 0.2) is 27.8 Å². The monoisotopic (exact) mass is 380 g/mol. The van der Waals surface area contributed by atoms with Crippen LogP contribution in [0.4, 0.5) is 30.7 Å². The Morgan fingerprint density at radius 1 is 1.10 bits per heavy atom. The molecule has 2 nitrogen and oxygen atoms in total. The van der Waals surface area contributed by atoms with E-state index in [4.69, 9.17) is 0 Å². The van der Waals surface area contributed by atoms with Crippen molar-refractivity contribution in [3.05, 3.63) is 33.8 Å². The second-order valence-corrected chi connectivity index (χ2v) is 4.88. The zero-order valence-corrected chi connectivity index (χ0v) is 11.9. The Morgan fingerprint density at radius 3 is 2.14 bits per heavy atom. The second-order valence-electron chi connectivity index (χ2n) is 4.03. The van der Waals surface area contributed by atoms with Crippen molar-refractivity contribution in [2.75, 3.05) is 0 Å². The molecule has 1 N–H and O–H groups in total. The molecule has 0 aliphatic heterocycles. The highest BCUT2D eigenvalue weighted by Crippen LogP contribution is 2.44. The van der Waals surface area contributed by atoms with Crippen molar-refractivity contribution in [1.29, 1.82) is 0 Å². The predicted molar refractivity (Wildman–Crippen MR) is 65.6 cm³/mol. The average Bonchev–Trinajstić information content (AvgIpc) is 2.32. The first kappa shape index (κ1) is 17.7. The average molecular weight is 381 g/mol. The van der Waals surface area contributed by atoms with Gasteiger partial charge in [0.05, 0.1) is 6.21 Å². The van der Waals surface area contributed by atoms with Gasteiger partial charge in [0.1, 0.15) is 0 Å². The SMILES string of the molecule is Cc1ccc(/C=N\NC(F)(F)C(F)(F)C(F)(F)F)cc1Br. The quantitative estimate of drug-likeness (QED) is 0.354. The van der Waals surface area contributed by atoms with Gasteiger partial charge in [0.2, 0.25) is 0 Å². The number of alkyl halides is 7. The maximum atomic E-state index is 12.8. The molecule has 0 heterocycles. The molecule has 118 valence electrons. The minimum atomic E-state index is -6.40. The number of hydrogen-bond donors (Lipinski definition) is 1. The molecule has 10 heteroatoms. The fourth-order valence-electron chi connectivity index (χ4n) is 1.13. The third-order valence-corrected chi connectivity index (χ3v) is 3.22. The van der Waals surface area contributed by atoms with Gasteiger partial charge in [0.15, 0.2) is 0 Å². The summed E-state index contributed by atoms with van der Waals surface area (Å²) in [7, 11) is 0. The molecule has 0 spiro atoms. The van der Waals surface area contributed by atoms with Gasteiger partial charge in [-0.3, -0.25) is 0 Å². The zero-order chi connectivity index (χ0) is 16.5. The fraction of sp³-hybridized carbons (Fsp3) is 0.364. The maximum Gasteiger partial charge on any atom is 0.462 e. The number of halogens is 8. The first-order valence-corrected chi connectivity index (χ1v) is 6.06. The molecule has 0 fully saturated rings. The second kappa shape index (κ2) is 5.82. The lowest BCUT2D eigenvalue weighted by molar-refractivity contribution is -0.361. The molecule has 0 radical (unpaired) electrons. The van der Waals surface area contributed by atoms with Gasteiger partial charge in [-0.25, -0.2) is 5.43 Å². The highest BCUT2D eigenvalue weighted by atomic mass is 79.9. The molecule has 0 aliphatic rings. The Balaban J connectivity index is 2.86. The van der Waals surface area contributed by atoms with Crippen molar-refractivity contribution in [3.63, 3.8) is 0 Å². The lowest BCUT2D eigenvalue weighted by Crippen LogP contribution is -2.58. The zero-order valence-electron chi connectivity index (χ0n) is 10.3. The Labute approximate surface area is 123 Å². The summed E-state index contributed by atoms with van der Waals surface area (Å²) in [6, 6.07) is -1.14. The Morgan fingerprint density at radius 2 is 1.67 bits per heavy atom. The van der Waals surface area contributed by atoms with Crippen LogP contribution in [0.3, 0.4) is 0 Å². The summed E-state index contributed by atoms with van der Waals surface area (Å²) >= 11 is 3.14. The predicted octanol–water partition coefficient (Wildman–Crippen LogP) is 4.47. The number of benzene rings is 1. The molecule has 0 saturated carbocycles. The van der Waals surface area contributed by atoms with Gasteiger partial charge in [-0.05, 0) is 24.1 Å². The minimum Gasteiger partial charge on any atom is -0.242 e. The lowest BCUT2D eigenvalue weighted by atomic mass is 10.2. The van der Waals surface area contributed by atoms with Crippen LogP contribution in [0.1, 0.15) is 11.1 Å². The molecular formula is C11H8BrF7N2. The van der Waals surface area contributed by atoms with Gasteiger partial charge in [0, 0.05) is 4.47 Å². The summed E-state index contributed by atoms with van der Waals surface area (Å²) in [6.45, 7) is 1.74. The van der Waals surface area contributed by atoms with Crippen LogP contribution in [-0.2, 0) is 0 Å². The molecule has 0 amide bonds. The standard InChI is InChI=1S/C11H8BrF7N2/c1-6-2-3-7(4-8(6)12)5-20-21-11(18,19)9(13,14)10(15,16)17/h2-5,21H,1H3/b20-5-. The first-order valence-electron chi connectivity index (χ1n) is 5.27. The van der Waals surface area contributed by atoms with Crippen molar-refractivity contribution in [3.8, 4) is 0 Å². The number of aryl methyl sites for hydroxylation is 1. The van der Waals surface area contributed by atoms with Gasteiger partial charge < -0.3 is 0 Å². The summed E-state index contributed by atoms with van der Waals surface area (Å²) in [4.78, 5) is 0. The van der Waals surface area contributed by atoms with Crippen LogP contribution in [-0.4, -0.2) is 24.4 Å². The number of nitrogens with one attached hydrogen (secondary N) is 1. The van der Waals surface area contributed by atoms with Gasteiger partial charge in [-0.15, -0.1) is 0 Å². The summed E-state index contributed by atoms with van der Waals surface area (Å²) in [5.41, 5.74) is 1.58. The van der Waals surface area contributed by atoms with Gasteiger partial charge in [-0.1, -0.05) is 28.1 Å². The summed E-state index contributed by atoms with van der Waals surface area (Å²) in [5, 5.41) is 2.74. The number of nitrogens with zero attached hydrogens (tertiary/aromatic N) is 1.